The Bertz CT molecular complexity index is 1330. The fourth-order valence-electron chi connectivity index (χ4n) is 4.21. The predicted octanol–water partition coefficient (Wildman–Crippen LogP) is 4.79. The number of nitrogens with one attached hydrogen (secondary N) is 1. The molecular weight excluding hydrogens is 435 g/mol. The van der Waals surface area contributed by atoms with Gasteiger partial charge < -0.3 is 10.1 Å². The maximum atomic E-state index is 8.53. The number of nitrogens with zero attached hydrogens (tertiary/aromatic N) is 5. The molecule has 2 saturated heterocycles. The minimum atomic E-state index is -2.37. The third-order valence-electron chi connectivity index (χ3n) is 6.12. The molecule has 1 saturated carbocycles. The summed E-state index contributed by atoms with van der Waals surface area (Å²) in [6, 6.07) is 2.06. The van der Waals surface area contributed by atoms with Crippen molar-refractivity contribution in [3.8, 4) is 0 Å². The Kier molecular flexibility index (Phi) is 3.82. The number of hydrogen-bond acceptors (Lipinski definition) is 6. The zero-order valence-electron chi connectivity index (χ0n) is 21.6. The lowest BCUT2D eigenvalue weighted by Gasteiger charge is -2.41. The van der Waals surface area contributed by atoms with Gasteiger partial charge in [0.2, 0.25) is 5.95 Å². The van der Waals surface area contributed by atoms with Crippen LogP contribution < -0.4 is 5.32 Å². The smallest absolute Gasteiger partial charge is 0.227 e. The number of piperidine rings is 1. The van der Waals surface area contributed by atoms with E-state index in [1.165, 1.54) is 4.90 Å². The van der Waals surface area contributed by atoms with Crippen LogP contribution in [0, 0.1) is 0 Å². The van der Waals surface area contributed by atoms with Gasteiger partial charge in [0.25, 0.3) is 0 Å². The molecule has 162 valence electrons. The van der Waals surface area contributed by atoms with E-state index in [0.717, 1.165) is 29.3 Å². The Hall–Kier alpha value is -1.93. The number of anilines is 2. The monoisotopic (exact) mass is 463 g/mol. The van der Waals surface area contributed by atoms with Crippen LogP contribution in [0.2, 0.25) is 10.2 Å². The number of fused-ring (bicyclic) bond motifs is 1. The summed E-state index contributed by atoms with van der Waals surface area (Å²) in [5.41, 5.74) is 2.29. The van der Waals surface area contributed by atoms with E-state index in [-0.39, 0.29) is 5.92 Å². The van der Waals surface area contributed by atoms with Gasteiger partial charge in [-0.15, -0.1) is 0 Å². The highest BCUT2D eigenvalue weighted by Crippen LogP contribution is 2.39. The molecule has 0 spiro atoms. The van der Waals surface area contributed by atoms with Gasteiger partial charge in [-0.3, -0.25) is 4.90 Å². The topological polar surface area (TPSA) is 68.1 Å². The Morgan fingerprint density at radius 3 is 2.68 bits per heavy atom. The van der Waals surface area contributed by atoms with Gasteiger partial charge in [-0.25, -0.2) is 14.6 Å². The minimum absolute atomic E-state index is 0.0667. The van der Waals surface area contributed by atoms with Crippen molar-refractivity contribution in [3.05, 3.63) is 40.3 Å². The van der Waals surface area contributed by atoms with Crippen LogP contribution in [-0.2, 0) is 4.74 Å². The number of hydrogen-bond donors (Lipinski definition) is 1. The first-order valence-electron chi connectivity index (χ1n) is 12.9. The van der Waals surface area contributed by atoms with Crippen LogP contribution in [0.5, 0.6) is 0 Å². The molecule has 0 unspecified atom stereocenters. The molecule has 1 N–H and O–H groups in total. The summed E-state index contributed by atoms with van der Waals surface area (Å²) in [6.07, 6.45) is 6.73. The molecule has 31 heavy (non-hydrogen) atoms. The van der Waals surface area contributed by atoms with Crippen molar-refractivity contribution in [3.63, 3.8) is 0 Å². The van der Waals surface area contributed by atoms with Gasteiger partial charge in [0.1, 0.15) is 0 Å². The second kappa shape index (κ2) is 7.89. The summed E-state index contributed by atoms with van der Waals surface area (Å²) in [6.45, 7) is -4.04. The lowest BCUT2D eigenvalue weighted by atomic mass is 9.88. The van der Waals surface area contributed by atoms with Gasteiger partial charge in [0, 0.05) is 16.6 Å². The van der Waals surface area contributed by atoms with Crippen LogP contribution in [0.3, 0.4) is 0 Å². The molecule has 1 aromatic carbocycles. The van der Waals surface area contributed by atoms with Crippen molar-refractivity contribution in [2.24, 2.45) is 0 Å². The van der Waals surface area contributed by atoms with E-state index in [4.69, 9.17) is 34.8 Å². The number of benzene rings is 1. The van der Waals surface area contributed by atoms with Crippen LogP contribution in [0.25, 0.3) is 10.9 Å². The number of likely N-dealkylation sites (tertiary alicyclic amines) is 1. The molecule has 3 aliphatic rings. The molecule has 6 rings (SSSR count). The fourth-order valence-corrected chi connectivity index (χ4v) is 4.81. The first kappa shape index (κ1) is 15.0. The number of aromatic nitrogens is 4. The van der Waals surface area contributed by atoms with Crippen molar-refractivity contribution in [2.45, 2.75) is 43.7 Å². The summed E-state index contributed by atoms with van der Waals surface area (Å²) in [5, 5.41) is 9.42. The number of ether oxygens (including phenoxy) is 1. The summed E-state index contributed by atoms with van der Waals surface area (Å²) in [5.74, 6) is 0.463. The van der Waals surface area contributed by atoms with Crippen molar-refractivity contribution in [1.82, 2.24) is 24.6 Å². The summed E-state index contributed by atoms with van der Waals surface area (Å²) in [4.78, 5) is 10.6. The first-order valence-corrected chi connectivity index (χ1v) is 11.2. The van der Waals surface area contributed by atoms with Crippen LogP contribution in [-0.4, -0.2) is 56.9 Å². The Morgan fingerprint density at radius 2 is 1.94 bits per heavy atom. The van der Waals surface area contributed by atoms with Gasteiger partial charge in [0.15, 0.2) is 5.15 Å². The molecule has 1 aliphatic carbocycles. The molecule has 0 bridgehead atoms. The van der Waals surface area contributed by atoms with Crippen molar-refractivity contribution < 1.29 is 11.6 Å². The molecule has 4 heterocycles. The van der Waals surface area contributed by atoms with E-state index in [1.54, 1.807) is 12.4 Å². The Labute approximate surface area is 197 Å². The van der Waals surface area contributed by atoms with E-state index in [0.29, 0.717) is 53.8 Å². The standard InChI is InChI=1S/C22H24Cl2N6O/c23-18-7-14-9-25-22(28-20-10-26-30(21(20)24)15-1-2-15)27-19(14)8-17(18)13-3-5-29(6-4-13)16-11-31-12-16/h7-10,13,15-16H,1-6,11-12H2,(H,25,27,28)/i11D2,12D2,16D. The maximum Gasteiger partial charge on any atom is 0.227 e. The van der Waals surface area contributed by atoms with Crippen molar-refractivity contribution >= 4 is 45.7 Å². The average molecular weight is 464 g/mol. The van der Waals surface area contributed by atoms with E-state index in [1.807, 2.05) is 16.8 Å². The van der Waals surface area contributed by atoms with Crippen LogP contribution in [0.4, 0.5) is 11.6 Å². The summed E-state index contributed by atoms with van der Waals surface area (Å²) >= 11 is 13.1. The van der Waals surface area contributed by atoms with Crippen molar-refractivity contribution in [2.75, 3.05) is 31.5 Å². The van der Waals surface area contributed by atoms with E-state index >= 15 is 0 Å². The van der Waals surface area contributed by atoms with E-state index in [2.05, 4.69) is 20.4 Å². The van der Waals surface area contributed by atoms with Gasteiger partial charge >= 0.3 is 0 Å². The number of rotatable bonds is 5. The molecular formula is C22H24Cl2N6O. The third kappa shape index (κ3) is 3.78. The predicted molar refractivity (Wildman–Crippen MR) is 121 cm³/mol. The van der Waals surface area contributed by atoms with E-state index in [9.17, 15) is 0 Å². The Balaban J connectivity index is 1.21. The highest BCUT2D eigenvalue weighted by Gasteiger charge is 2.31. The summed E-state index contributed by atoms with van der Waals surface area (Å²) < 4.78 is 46.7. The third-order valence-corrected chi connectivity index (χ3v) is 6.82. The van der Waals surface area contributed by atoms with Crippen LogP contribution in [0.15, 0.2) is 24.5 Å². The lowest BCUT2D eigenvalue weighted by molar-refractivity contribution is -0.0712. The van der Waals surface area contributed by atoms with Crippen molar-refractivity contribution in [1.29, 1.82) is 0 Å². The zero-order valence-corrected chi connectivity index (χ0v) is 18.1. The quantitative estimate of drug-likeness (QED) is 0.586. The molecule has 3 aromatic rings. The first-order chi connectivity index (χ1) is 17.0. The second-order valence-corrected chi connectivity index (χ2v) is 8.96. The highest BCUT2D eigenvalue weighted by atomic mass is 35.5. The minimum Gasteiger partial charge on any atom is -0.378 e. The molecule has 0 radical (unpaired) electrons. The molecule has 2 aliphatic heterocycles. The van der Waals surface area contributed by atoms with Gasteiger partial charge in [-0.1, -0.05) is 23.2 Å². The molecule has 3 fully saturated rings. The average Bonchev–Trinajstić information content (AvgIpc) is 3.61. The van der Waals surface area contributed by atoms with Crippen LogP contribution in [0.1, 0.15) is 50.1 Å². The molecule has 2 aromatic heterocycles. The van der Waals surface area contributed by atoms with Crippen LogP contribution >= 0.6 is 23.2 Å². The summed E-state index contributed by atoms with van der Waals surface area (Å²) in [7, 11) is 0. The Morgan fingerprint density at radius 1 is 1.13 bits per heavy atom. The molecule has 9 heteroatoms. The largest absolute Gasteiger partial charge is 0.378 e. The van der Waals surface area contributed by atoms with Gasteiger partial charge in [-0.2, -0.15) is 5.10 Å². The molecule has 0 amide bonds. The molecule has 7 nitrogen and oxygen atoms in total. The van der Waals surface area contributed by atoms with E-state index < -0.39 is 19.1 Å². The molecule has 0 atom stereocenters. The zero-order chi connectivity index (χ0) is 25.5. The SMILES string of the molecule is [2H]C1([2H])OC([2H])([2H])C1([2H])N1CCC(c2cc3nc(Nc4cnn(C5CC5)c4Cl)ncc3cc2Cl)CC1. The normalized spacial score (nSPS) is 27.5. The van der Waals surface area contributed by atoms with Gasteiger partial charge in [0.05, 0.1) is 49.4 Å². The lowest BCUT2D eigenvalue weighted by Crippen LogP contribution is -2.51. The number of halogens is 2. The second-order valence-electron chi connectivity index (χ2n) is 8.19. The maximum absolute atomic E-state index is 8.53. The van der Waals surface area contributed by atoms with Gasteiger partial charge in [-0.05, 0) is 62.4 Å². The highest BCUT2D eigenvalue weighted by molar-refractivity contribution is 6.32. The fraction of sp³-hybridized carbons (Fsp3) is 0.500.